The van der Waals surface area contributed by atoms with Gasteiger partial charge in [0.2, 0.25) is 26.0 Å². The predicted octanol–water partition coefficient (Wildman–Crippen LogP) is 1.52. The van der Waals surface area contributed by atoms with Crippen LogP contribution in [-0.2, 0) is 24.8 Å². The van der Waals surface area contributed by atoms with Crippen LogP contribution in [0.15, 0.2) is 40.4 Å². The zero-order valence-corrected chi connectivity index (χ0v) is 21.0. The topological polar surface area (TPSA) is 117 Å². The molecule has 1 amide bonds. The molecule has 9 nitrogen and oxygen atoms in total. The van der Waals surface area contributed by atoms with Crippen LogP contribution in [0.4, 0.5) is 0 Å². The second-order valence-electron chi connectivity index (χ2n) is 8.21. The monoisotopic (exact) mass is 494 g/mol. The van der Waals surface area contributed by atoms with Gasteiger partial charge in [-0.25, -0.2) is 21.6 Å². The Hall–Kier alpha value is -2.34. The maximum atomic E-state index is 13.4. The molecule has 1 aromatic heterocycles. The Morgan fingerprint density at radius 2 is 1.61 bits per heavy atom. The number of aromatic nitrogens is 1. The van der Waals surface area contributed by atoms with Gasteiger partial charge in [0, 0.05) is 51.5 Å². The van der Waals surface area contributed by atoms with E-state index in [4.69, 9.17) is 0 Å². The fraction of sp³-hybridized carbons (Fsp3) is 0.455. The molecule has 0 bridgehead atoms. The second-order valence-corrected chi connectivity index (χ2v) is 11.9. The van der Waals surface area contributed by atoms with Gasteiger partial charge in [0.15, 0.2) is 0 Å². The highest BCUT2D eigenvalue weighted by atomic mass is 32.2. The predicted molar refractivity (Wildman–Crippen MR) is 125 cm³/mol. The van der Waals surface area contributed by atoms with Crippen LogP contribution < -0.4 is 4.72 Å². The lowest BCUT2D eigenvalue weighted by Crippen LogP contribution is -2.51. The van der Waals surface area contributed by atoms with Crippen molar-refractivity contribution in [3.63, 3.8) is 0 Å². The average Bonchev–Trinajstić information content (AvgIpc) is 2.78. The van der Waals surface area contributed by atoms with Crippen LogP contribution in [0.1, 0.15) is 28.7 Å². The van der Waals surface area contributed by atoms with E-state index in [2.05, 4.69) is 9.71 Å². The Morgan fingerprint density at radius 3 is 2.15 bits per heavy atom. The third-order valence-corrected chi connectivity index (χ3v) is 9.68. The number of carbonyl (C=O) groups excluding carboxylic acids is 1. The summed E-state index contributed by atoms with van der Waals surface area (Å²) in [6, 6.07) is 4.94. The fourth-order valence-electron chi connectivity index (χ4n) is 3.91. The molecular weight excluding hydrogens is 464 g/mol. The van der Waals surface area contributed by atoms with E-state index in [1.807, 2.05) is 33.8 Å². The first-order valence-corrected chi connectivity index (χ1v) is 13.6. The lowest BCUT2D eigenvalue weighted by molar-refractivity contribution is -0.132. The van der Waals surface area contributed by atoms with Gasteiger partial charge < -0.3 is 4.90 Å². The Balaban J connectivity index is 1.59. The molecule has 0 atom stereocenters. The number of rotatable bonds is 7. The first-order valence-electron chi connectivity index (χ1n) is 10.7. The van der Waals surface area contributed by atoms with E-state index in [1.54, 1.807) is 4.90 Å². The van der Waals surface area contributed by atoms with E-state index in [0.717, 1.165) is 22.3 Å². The molecule has 1 aromatic carbocycles. The van der Waals surface area contributed by atoms with Gasteiger partial charge in [-0.05, 0) is 62.1 Å². The number of benzene rings is 1. The van der Waals surface area contributed by atoms with Gasteiger partial charge in [-0.15, -0.1) is 0 Å². The molecule has 11 heteroatoms. The summed E-state index contributed by atoms with van der Waals surface area (Å²) in [6.45, 7) is 8.31. The summed E-state index contributed by atoms with van der Waals surface area (Å²) >= 11 is 0. The lowest BCUT2D eigenvalue weighted by atomic mass is 10.0. The number of hydrogen-bond donors (Lipinski definition) is 1. The van der Waals surface area contributed by atoms with E-state index < -0.39 is 20.0 Å². The van der Waals surface area contributed by atoms with Gasteiger partial charge in [-0.2, -0.15) is 4.31 Å². The molecule has 1 fully saturated rings. The highest BCUT2D eigenvalue weighted by Crippen LogP contribution is 2.29. The van der Waals surface area contributed by atoms with E-state index in [9.17, 15) is 21.6 Å². The van der Waals surface area contributed by atoms with Gasteiger partial charge in [-0.3, -0.25) is 9.78 Å². The van der Waals surface area contributed by atoms with Gasteiger partial charge >= 0.3 is 0 Å². The van der Waals surface area contributed by atoms with Gasteiger partial charge in [0.1, 0.15) is 4.90 Å². The number of pyridine rings is 1. The molecule has 0 saturated carbocycles. The third kappa shape index (κ3) is 5.43. The summed E-state index contributed by atoms with van der Waals surface area (Å²) in [6.07, 6.45) is 2.70. The minimum atomic E-state index is -3.73. The summed E-state index contributed by atoms with van der Waals surface area (Å²) in [4.78, 5) is 18.3. The minimum Gasteiger partial charge on any atom is -0.340 e. The van der Waals surface area contributed by atoms with Crippen molar-refractivity contribution in [2.24, 2.45) is 0 Å². The molecule has 0 unspecified atom stereocenters. The summed E-state index contributed by atoms with van der Waals surface area (Å²) < 4.78 is 55.0. The van der Waals surface area contributed by atoms with Crippen LogP contribution in [0.5, 0.6) is 0 Å². The molecule has 0 radical (unpaired) electrons. The molecule has 1 aliphatic rings. The van der Waals surface area contributed by atoms with Crippen molar-refractivity contribution in [3.05, 3.63) is 52.8 Å². The average molecular weight is 495 g/mol. The van der Waals surface area contributed by atoms with Crippen molar-refractivity contribution in [3.8, 4) is 0 Å². The Morgan fingerprint density at radius 1 is 1.00 bits per heavy atom. The van der Waals surface area contributed by atoms with Gasteiger partial charge in [0.25, 0.3) is 0 Å². The van der Waals surface area contributed by atoms with Crippen LogP contribution in [0.3, 0.4) is 0 Å². The van der Waals surface area contributed by atoms with Crippen molar-refractivity contribution in [2.75, 3.05) is 32.7 Å². The Kier molecular flexibility index (Phi) is 7.57. The summed E-state index contributed by atoms with van der Waals surface area (Å²) in [7, 11) is -7.42. The van der Waals surface area contributed by atoms with Crippen LogP contribution in [0.25, 0.3) is 0 Å². The fourth-order valence-corrected chi connectivity index (χ4v) is 6.91. The first kappa shape index (κ1) is 25.3. The number of piperazine rings is 1. The number of sulfonamides is 2. The zero-order chi connectivity index (χ0) is 24.4. The number of nitrogens with one attached hydrogen (secondary N) is 1. The number of hydrogen-bond acceptors (Lipinski definition) is 6. The molecular formula is C22H30N4O5S2. The molecule has 3 rings (SSSR count). The number of nitrogens with zero attached hydrogens (tertiary/aromatic N) is 3. The summed E-state index contributed by atoms with van der Waals surface area (Å²) in [5.41, 5.74) is 3.36. The maximum absolute atomic E-state index is 13.4. The second kappa shape index (κ2) is 9.88. The number of amides is 1. The molecule has 1 N–H and O–H groups in total. The smallest absolute Gasteiger partial charge is 0.243 e. The van der Waals surface area contributed by atoms with Crippen LogP contribution in [0, 0.1) is 27.7 Å². The zero-order valence-electron chi connectivity index (χ0n) is 19.3. The lowest BCUT2D eigenvalue weighted by Gasteiger charge is -2.35. The van der Waals surface area contributed by atoms with E-state index in [0.29, 0.717) is 4.90 Å². The van der Waals surface area contributed by atoms with Crippen LogP contribution >= 0.6 is 0 Å². The van der Waals surface area contributed by atoms with Crippen LogP contribution in [-0.4, -0.2) is 69.7 Å². The molecule has 0 spiro atoms. The molecule has 1 saturated heterocycles. The molecule has 33 heavy (non-hydrogen) atoms. The summed E-state index contributed by atoms with van der Waals surface area (Å²) in [5.74, 6) is -0.223. The minimum absolute atomic E-state index is 0.0124. The molecule has 0 aliphatic carbocycles. The largest absolute Gasteiger partial charge is 0.340 e. The molecule has 180 valence electrons. The molecule has 1 aliphatic heterocycles. The summed E-state index contributed by atoms with van der Waals surface area (Å²) in [5, 5.41) is 0. The van der Waals surface area contributed by atoms with Crippen LogP contribution in [0.2, 0.25) is 0 Å². The normalized spacial score (nSPS) is 15.6. The van der Waals surface area contributed by atoms with Gasteiger partial charge in [-0.1, -0.05) is 6.07 Å². The molecule has 2 aromatic rings. The number of aryl methyl sites for hydroxylation is 2. The van der Waals surface area contributed by atoms with E-state index in [1.165, 1.54) is 28.8 Å². The first-order chi connectivity index (χ1) is 15.4. The Bertz CT molecular complexity index is 1210. The third-order valence-electron chi connectivity index (χ3n) is 6.06. The standard InChI is InChI=1S/C22H30N4O5S2/c1-16-14-17(2)19(4)22(18(16)3)33(30,31)26-12-10-25(11-13-26)21(27)7-9-24-32(28,29)20-6-5-8-23-15-20/h5-6,8,14-15,24H,7,9-13H2,1-4H3. The SMILES string of the molecule is Cc1cc(C)c(C)c(S(=O)(=O)N2CCN(C(=O)CCNS(=O)(=O)c3cccnc3)CC2)c1C. The molecule has 2 heterocycles. The maximum Gasteiger partial charge on any atom is 0.243 e. The Labute approximate surface area is 195 Å². The van der Waals surface area contributed by atoms with Crippen molar-refractivity contribution in [1.82, 2.24) is 18.9 Å². The van der Waals surface area contributed by atoms with Crippen molar-refractivity contribution in [1.29, 1.82) is 0 Å². The quantitative estimate of drug-likeness (QED) is 0.624. The highest BCUT2D eigenvalue weighted by Gasteiger charge is 2.32. The van der Waals surface area contributed by atoms with Crippen molar-refractivity contribution < 1.29 is 21.6 Å². The van der Waals surface area contributed by atoms with Crippen molar-refractivity contribution >= 4 is 26.0 Å². The highest BCUT2D eigenvalue weighted by molar-refractivity contribution is 7.89. The van der Waals surface area contributed by atoms with Crippen molar-refractivity contribution in [2.45, 2.75) is 43.9 Å². The van der Waals surface area contributed by atoms with E-state index >= 15 is 0 Å². The number of carbonyl (C=O) groups is 1. The van der Waals surface area contributed by atoms with E-state index in [-0.39, 0.29) is 49.9 Å². The van der Waals surface area contributed by atoms with Gasteiger partial charge in [0.05, 0.1) is 4.90 Å².